The van der Waals surface area contributed by atoms with Crippen molar-refractivity contribution in [3.8, 4) is 0 Å². The first kappa shape index (κ1) is 27.5. The van der Waals surface area contributed by atoms with Crippen LogP contribution in [0.3, 0.4) is 0 Å². The lowest BCUT2D eigenvalue weighted by Crippen LogP contribution is -2.45. The van der Waals surface area contributed by atoms with Crippen LogP contribution in [0.15, 0.2) is 48.3 Å². The smallest absolute Gasteiger partial charge is 0.326 e. The number of nitrogens with one attached hydrogen (secondary N) is 2. The van der Waals surface area contributed by atoms with Crippen LogP contribution in [0, 0.1) is 5.41 Å². The number of carboxylic acid groups (broad SMARTS) is 1. The Morgan fingerprint density at radius 2 is 2.11 bits per heavy atom. The Bertz CT molecular complexity index is 997. The average Bonchev–Trinajstić information content (AvgIpc) is 3.69. The highest BCUT2D eigenvalue weighted by Gasteiger charge is 2.51. The lowest BCUT2D eigenvalue weighted by atomic mass is 9.95. The molecule has 3 N–H and O–H groups in total. The van der Waals surface area contributed by atoms with Gasteiger partial charge in [0, 0.05) is 31.9 Å². The zero-order chi connectivity index (χ0) is 26.0. The maximum absolute atomic E-state index is 12.9. The van der Waals surface area contributed by atoms with Crippen molar-refractivity contribution in [3.05, 3.63) is 59.5 Å². The molecule has 3 rings (SSSR count). The van der Waals surface area contributed by atoms with Crippen LogP contribution in [0.1, 0.15) is 56.7 Å². The summed E-state index contributed by atoms with van der Waals surface area (Å²) in [6, 6.07) is 3.29. The van der Waals surface area contributed by atoms with Gasteiger partial charge in [0.15, 0.2) is 0 Å². The number of unbranched alkanes of at least 4 members (excludes halogenated alkanes) is 1. The first-order chi connectivity index (χ1) is 17.4. The number of carbonyl (C=O) groups is 2. The second-order valence-corrected chi connectivity index (χ2v) is 9.52. The van der Waals surface area contributed by atoms with Gasteiger partial charge in [-0.15, -0.1) is 0 Å². The summed E-state index contributed by atoms with van der Waals surface area (Å²) in [5.74, 6) is 0.248. The number of pyridine rings is 1. The Balaban J connectivity index is 1.36. The molecule has 0 bridgehead atoms. The van der Waals surface area contributed by atoms with E-state index in [2.05, 4.69) is 29.3 Å². The van der Waals surface area contributed by atoms with Gasteiger partial charge < -0.3 is 25.2 Å². The molecule has 196 valence electrons. The molecule has 1 aliphatic carbocycles. The highest BCUT2D eigenvalue weighted by atomic mass is 16.5. The molecule has 1 aliphatic heterocycles. The number of ether oxygens (including phenoxy) is 2. The van der Waals surface area contributed by atoms with Crippen LogP contribution in [0.2, 0.25) is 0 Å². The van der Waals surface area contributed by atoms with Crippen molar-refractivity contribution in [2.45, 2.75) is 64.3 Å². The molecule has 1 amide bonds. The average molecular weight is 498 g/mol. The number of allylic oxidation sites excluding steroid dienone is 3. The number of methoxy groups -OCH3 is 1. The summed E-state index contributed by atoms with van der Waals surface area (Å²) in [6.07, 6.45) is 11.9. The van der Waals surface area contributed by atoms with E-state index in [0.717, 1.165) is 55.7 Å². The van der Waals surface area contributed by atoms with Crippen LogP contribution in [-0.2, 0) is 31.9 Å². The molecule has 1 aromatic rings. The van der Waals surface area contributed by atoms with Crippen LogP contribution in [0.4, 0.5) is 5.82 Å². The fraction of sp³-hybridized carbons (Fsp3) is 0.536. The molecule has 36 heavy (non-hydrogen) atoms. The predicted octanol–water partition coefficient (Wildman–Crippen LogP) is 4.18. The normalized spacial score (nSPS) is 17.1. The van der Waals surface area contributed by atoms with Gasteiger partial charge >= 0.3 is 5.97 Å². The summed E-state index contributed by atoms with van der Waals surface area (Å²) in [4.78, 5) is 29.3. The number of hydrogen-bond acceptors (Lipinski definition) is 6. The maximum atomic E-state index is 12.9. The summed E-state index contributed by atoms with van der Waals surface area (Å²) in [5, 5.41) is 15.7. The second-order valence-electron chi connectivity index (χ2n) is 9.52. The topological polar surface area (TPSA) is 110 Å². The van der Waals surface area contributed by atoms with Crippen LogP contribution in [-0.4, -0.2) is 54.9 Å². The van der Waals surface area contributed by atoms with Crippen molar-refractivity contribution >= 4 is 17.7 Å². The highest BCUT2D eigenvalue weighted by Crippen LogP contribution is 2.52. The summed E-state index contributed by atoms with van der Waals surface area (Å²) >= 11 is 0. The van der Waals surface area contributed by atoms with Crippen LogP contribution in [0.5, 0.6) is 0 Å². The van der Waals surface area contributed by atoms with Crippen LogP contribution in [0.25, 0.3) is 0 Å². The Hall–Kier alpha value is -3.13. The van der Waals surface area contributed by atoms with Gasteiger partial charge in [-0.1, -0.05) is 30.4 Å². The number of carboxylic acids is 1. The van der Waals surface area contributed by atoms with Crippen LogP contribution < -0.4 is 10.6 Å². The third kappa shape index (κ3) is 7.68. The van der Waals surface area contributed by atoms with E-state index >= 15 is 0 Å². The number of amides is 1. The van der Waals surface area contributed by atoms with E-state index in [4.69, 9.17) is 14.5 Å². The quantitative estimate of drug-likeness (QED) is 0.189. The van der Waals surface area contributed by atoms with E-state index in [1.165, 1.54) is 5.56 Å². The van der Waals surface area contributed by atoms with Crippen molar-refractivity contribution in [3.63, 3.8) is 0 Å². The lowest BCUT2D eigenvalue weighted by molar-refractivity contribution is -0.143. The summed E-state index contributed by atoms with van der Waals surface area (Å²) in [6.45, 7) is 7.42. The van der Waals surface area contributed by atoms with Gasteiger partial charge in [-0.2, -0.15) is 0 Å². The molecule has 2 aliphatic rings. The number of aliphatic carboxylic acids is 1. The molecule has 8 heteroatoms. The largest absolute Gasteiger partial charge is 0.497 e. The molecule has 2 heterocycles. The van der Waals surface area contributed by atoms with Gasteiger partial charge in [-0.3, -0.25) is 4.79 Å². The molecule has 1 unspecified atom stereocenters. The fourth-order valence-electron chi connectivity index (χ4n) is 4.33. The molecule has 0 spiro atoms. The van der Waals surface area contributed by atoms with Gasteiger partial charge in [0.25, 0.3) is 0 Å². The zero-order valence-corrected chi connectivity index (χ0v) is 21.5. The first-order valence-electron chi connectivity index (χ1n) is 12.8. The Morgan fingerprint density at radius 3 is 2.83 bits per heavy atom. The van der Waals surface area contributed by atoms with Crippen molar-refractivity contribution in [1.29, 1.82) is 0 Å². The third-order valence-electron chi connectivity index (χ3n) is 6.91. The molecule has 0 aromatic carbocycles. The molecule has 8 nitrogen and oxygen atoms in total. The molecule has 1 saturated carbocycles. The molecule has 0 saturated heterocycles. The van der Waals surface area contributed by atoms with Crippen molar-refractivity contribution in [2.24, 2.45) is 5.41 Å². The second kappa shape index (κ2) is 13.3. The number of hydrogen-bond donors (Lipinski definition) is 3. The van der Waals surface area contributed by atoms with Gasteiger partial charge in [-0.25, -0.2) is 9.78 Å². The minimum atomic E-state index is -1.05. The maximum Gasteiger partial charge on any atom is 0.326 e. The standard InChI is InChI=1S/C28H39N3O5/c1-20(8-6-9-21(2)35-3)28(15-16-28)27(34)31-24(26(32)33)14-19-36-18-5-4-11-23-13-12-22-10-7-17-29-25(22)30-23/h6,8-9,12-13,24H,2,4-5,7,10-11,14-19H2,1,3H3,(H,29,30)(H,31,34)(H,32,33)/b9-6-,20-8+. The molecular formula is C28H39N3O5. The molecular weight excluding hydrogens is 458 g/mol. The summed E-state index contributed by atoms with van der Waals surface area (Å²) < 4.78 is 10.7. The predicted molar refractivity (Wildman–Crippen MR) is 140 cm³/mol. The minimum absolute atomic E-state index is 0.228. The van der Waals surface area contributed by atoms with Crippen molar-refractivity contribution < 1.29 is 24.2 Å². The Kier molecular flexibility index (Phi) is 10.1. The van der Waals surface area contributed by atoms with Crippen LogP contribution >= 0.6 is 0 Å². The minimum Gasteiger partial charge on any atom is -0.497 e. The first-order valence-corrected chi connectivity index (χ1v) is 12.8. The van der Waals surface area contributed by atoms with E-state index in [9.17, 15) is 14.7 Å². The summed E-state index contributed by atoms with van der Waals surface area (Å²) in [5.41, 5.74) is 2.63. The van der Waals surface area contributed by atoms with Crippen molar-refractivity contribution in [2.75, 3.05) is 32.2 Å². The number of rotatable bonds is 15. The van der Waals surface area contributed by atoms with Gasteiger partial charge in [0.05, 0.1) is 12.5 Å². The number of carbonyl (C=O) groups excluding carboxylic acids is 1. The third-order valence-corrected chi connectivity index (χ3v) is 6.91. The van der Waals surface area contributed by atoms with E-state index < -0.39 is 17.4 Å². The van der Waals surface area contributed by atoms with E-state index in [0.29, 0.717) is 25.2 Å². The number of fused-ring (bicyclic) bond motifs is 1. The van der Waals surface area contributed by atoms with E-state index in [1.54, 1.807) is 19.3 Å². The molecule has 1 fully saturated rings. The molecule has 1 atom stereocenters. The SMILES string of the molecule is C=C(/C=C\C=C(/C)C1(C(=O)NC(CCOCCCCc2ccc3c(n2)NCCC3)C(=O)O)CC1)OC. The number of anilines is 1. The zero-order valence-electron chi connectivity index (χ0n) is 21.5. The summed E-state index contributed by atoms with van der Waals surface area (Å²) in [7, 11) is 1.54. The molecule has 1 aromatic heterocycles. The number of aromatic nitrogens is 1. The highest BCUT2D eigenvalue weighted by molar-refractivity contribution is 5.91. The van der Waals surface area contributed by atoms with Gasteiger partial charge in [-0.05, 0) is 69.6 Å². The van der Waals surface area contributed by atoms with Crippen molar-refractivity contribution in [1.82, 2.24) is 10.3 Å². The van der Waals surface area contributed by atoms with Gasteiger partial charge in [0.2, 0.25) is 5.91 Å². The number of nitrogens with zero attached hydrogens (tertiary/aromatic N) is 1. The van der Waals surface area contributed by atoms with Gasteiger partial charge in [0.1, 0.15) is 17.6 Å². The Labute approximate surface area is 213 Å². The lowest BCUT2D eigenvalue weighted by Gasteiger charge is -2.20. The monoisotopic (exact) mass is 497 g/mol. The van der Waals surface area contributed by atoms with E-state index in [-0.39, 0.29) is 18.9 Å². The Morgan fingerprint density at radius 1 is 1.31 bits per heavy atom. The number of aryl methyl sites for hydroxylation is 2. The molecule has 0 radical (unpaired) electrons. The fourth-order valence-corrected chi connectivity index (χ4v) is 4.33. The van der Waals surface area contributed by atoms with E-state index in [1.807, 2.05) is 13.0 Å².